The molecule has 0 saturated carbocycles. The van der Waals surface area contributed by atoms with Crippen LogP contribution in [0.25, 0.3) is 0 Å². The van der Waals surface area contributed by atoms with Crippen LogP contribution in [-0.2, 0) is 4.79 Å². The third-order valence-corrected chi connectivity index (χ3v) is 4.43. The summed E-state index contributed by atoms with van der Waals surface area (Å²) in [6.45, 7) is 4.29. The van der Waals surface area contributed by atoms with E-state index in [1.165, 1.54) is 0 Å². The van der Waals surface area contributed by atoms with Gasteiger partial charge in [0.1, 0.15) is 0 Å². The predicted octanol–water partition coefficient (Wildman–Crippen LogP) is 3.20. The van der Waals surface area contributed by atoms with Crippen LogP contribution >= 0.6 is 15.9 Å². The molecule has 1 atom stereocenters. The highest BCUT2D eigenvalue weighted by molar-refractivity contribution is 9.10. The van der Waals surface area contributed by atoms with Crippen molar-refractivity contribution in [3.8, 4) is 0 Å². The van der Waals surface area contributed by atoms with Gasteiger partial charge in [-0.05, 0) is 39.5 Å². The summed E-state index contributed by atoms with van der Waals surface area (Å²) in [5.41, 5.74) is 6.44. The number of hydrogen-bond acceptors (Lipinski definition) is 3. The van der Waals surface area contributed by atoms with E-state index < -0.39 is 0 Å². The van der Waals surface area contributed by atoms with E-state index in [4.69, 9.17) is 0 Å². The van der Waals surface area contributed by atoms with Crippen LogP contribution in [0.4, 0.5) is 0 Å². The van der Waals surface area contributed by atoms with Crippen LogP contribution in [0.3, 0.4) is 0 Å². The van der Waals surface area contributed by atoms with Gasteiger partial charge in [-0.3, -0.25) is 20.4 Å². The normalized spacial score (nSPS) is 11.8. The Kier molecular flexibility index (Phi) is 7.16. The van der Waals surface area contributed by atoms with Crippen molar-refractivity contribution >= 4 is 27.7 Å². The lowest BCUT2D eigenvalue weighted by Crippen LogP contribution is -2.46. The molecule has 2 amide bonds. The molecular formula is C19H22BrN3O2. The first-order valence-corrected chi connectivity index (χ1v) is 8.90. The van der Waals surface area contributed by atoms with Gasteiger partial charge in [0.05, 0.1) is 12.1 Å². The van der Waals surface area contributed by atoms with Gasteiger partial charge < -0.3 is 5.32 Å². The lowest BCUT2D eigenvalue weighted by Gasteiger charge is -2.22. The highest BCUT2D eigenvalue weighted by atomic mass is 79.9. The highest BCUT2D eigenvalue weighted by Crippen LogP contribution is 2.20. The Morgan fingerprint density at radius 1 is 0.960 bits per heavy atom. The van der Waals surface area contributed by atoms with Crippen molar-refractivity contribution in [1.82, 2.24) is 16.2 Å². The van der Waals surface area contributed by atoms with Gasteiger partial charge >= 0.3 is 0 Å². The van der Waals surface area contributed by atoms with Crippen LogP contribution < -0.4 is 16.2 Å². The number of nitrogens with one attached hydrogen (secondary N) is 3. The largest absolute Gasteiger partial charge is 0.301 e. The lowest BCUT2D eigenvalue weighted by atomic mass is 9.96. The predicted molar refractivity (Wildman–Crippen MR) is 102 cm³/mol. The maximum absolute atomic E-state index is 12.1. The van der Waals surface area contributed by atoms with Crippen molar-refractivity contribution in [2.24, 2.45) is 5.92 Å². The number of amides is 2. The number of carbonyl (C=O) groups is 2. The third kappa shape index (κ3) is 5.69. The van der Waals surface area contributed by atoms with E-state index >= 15 is 0 Å². The zero-order valence-corrected chi connectivity index (χ0v) is 15.8. The Morgan fingerprint density at radius 2 is 1.60 bits per heavy atom. The summed E-state index contributed by atoms with van der Waals surface area (Å²) in [5, 5.41) is 3.24. The molecule has 25 heavy (non-hydrogen) atoms. The molecule has 0 aliphatic carbocycles. The van der Waals surface area contributed by atoms with Crippen LogP contribution in [-0.4, -0.2) is 18.4 Å². The third-order valence-electron chi connectivity index (χ3n) is 3.74. The van der Waals surface area contributed by atoms with Gasteiger partial charge in [0.2, 0.25) is 0 Å². The van der Waals surface area contributed by atoms with E-state index in [1.54, 1.807) is 18.2 Å². The average Bonchev–Trinajstić information content (AvgIpc) is 2.61. The molecule has 1 unspecified atom stereocenters. The second-order valence-corrected chi connectivity index (χ2v) is 6.85. The van der Waals surface area contributed by atoms with Gasteiger partial charge in [-0.2, -0.15) is 0 Å². The molecule has 0 saturated heterocycles. The van der Waals surface area contributed by atoms with E-state index in [-0.39, 0.29) is 24.4 Å². The molecule has 0 aliphatic heterocycles. The molecule has 0 spiro atoms. The zero-order valence-electron chi connectivity index (χ0n) is 14.3. The van der Waals surface area contributed by atoms with Gasteiger partial charge in [0.25, 0.3) is 11.8 Å². The number of carbonyl (C=O) groups excluding carboxylic acids is 2. The summed E-state index contributed by atoms with van der Waals surface area (Å²) in [4.78, 5) is 24.1. The Labute approximate surface area is 156 Å². The Bertz CT molecular complexity index is 720. The Hall–Kier alpha value is -2.18. The second-order valence-electron chi connectivity index (χ2n) is 6.00. The van der Waals surface area contributed by atoms with Crippen molar-refractivity contribution in [1.29, 1.82) is 0 Å². The van der Waals surface area contributed by atoms with Crippen molar-refractivity contribution < 1.29 is 9.59 Å². The molecule has 6 heteroatoms. The van der Waals surface area contributed by atoms with Gasteiger partial charge in [0.15, 0.2) is 0 Å². The summed E-state index contributed by atoms with van der Waals surface area (Å²) >= 11 is 3.31. The number of hydrazine groups is 1. The standard InChI is InChI=1S/C19H22BrN3O2/c1-13(2)18(14-8-4-3-5-9-14)21-12-17(24)22-23-19(25)15-10-6-7-11-16(15)20/h3-11,13,18,21H,12H2,1-2H3,(H,22,24)(H,23,25). The quantitative estimate of drug-likeness (QED) is 0.648. The molecule has 0 fully saturated rings. The molecule has 2 rings (SSSR count). The fourth-order valence-corrected chi connectivity index (χ4v) is 2.95. The average molecular weight is 404 g/mol. The molecular weight excluding hydrogens is 382 g/mol. The van der Waals surface area contributed by atoms with Crippen LogP contribution in [0.5, 0.6) is 0 Å². The molecule has 3 N–H and O–H groups in total. The summed E-state index contributed by atoms with van der Waals surface area (Å²) in [5.74, 6) is -0.351. The van der Waals surface area contributed by atoms with Gasteiger partial charge in [-0.25, -0.2) is 0 Å². The first-order chi connectivity index (χ1) is 12.0. The van der Waals surface area contributed by atoms with Crippen molar-refractivity contribution in [3.63, 3.8) is 0 Å². The molecule has 0 aromatic heterocycles. The summed E-state index contributed by atoms with van der Waals surface area (Å²) in [7, 11) is 0. The minimum absolute atomic E-state index is 0.0610. The summed E-state index contributed by atoms with van der Waals surface area (Å²) in [6, 6.07) is 17.1. The molecule has 0 heterocycles. The topological polar surface area (TPSA) is 70.2 Å². The number of benzene rings is 2. The van der Waals surface area contributed by atoms with E-state index in [0.29, 0.717) is 16.0 Å². The lowest BCUT2D eigenvalue weighted by molar-refractivity contribution is -0.121. The molecule has 2 aromatic carbocycles. The molecule has 5 nitrogen and oxygen atoms in total. The van der Waals surface area contributed by atoms with E-state index in [0.717, 1.165) is 5.56 Å². The zero-order chi connectivity index (χ0) is 18.2. The minimum atomic E-state index is -0.371. The smallest absolute Gasteiger partial charge is 0.270 e. The maximum atomic E-state index is 12.1. The van der Waals surface area contributed by atoms with Crippen molar-refractivity contribution in [2.45, 2.75) is 19.9 Å². The van der Waals surface area contributed by atoms with E-state index in [2.05, 4.69) is 45.9 Å². The minimum Gasteiger partial charge on any atom is -0.301 e. The van der Waals surface area contributed by atoms with E-state index in [9.17, 15) is 9.59 Å². The summed E-state index contributed by atoms with van der Waals surface area (Å²) < 4.78 is 0.670. The van der Waals surface area contributed by atoms with Crippen molar-refractivity contribution in [2.75, 3.05) is 6.54 Å². The monoisotopic (exact) mass is 403 g/mol. The highest BCUT2D eigenvalue weighted by Gasteiger charge is 2.16. The molecule has 2 aromatic rings. The SMILES string of the molecule is CC(C)C(NCC(=O)NNC(=O)c1ccccc1Br)c1ccccc1. The first-order valence-electron chi connectivity index (χ1n) is 8.11. The van der Waals surface area contributed by atoms with E-state index in [1.807, 2.05) is 36.4 Å². The molecule has 0 bridgehead atoms. The number of rotatable bonds is 6. The molecule has 132 valence electrons. The molecule has 0 aliphatic rings. The van der Waals surface area contributed by atoms with Crippen LogP contribution in [0, 0.1) is 5.92 Å². The fraction of sp³-hybridized carbons (Fsp3) is 0.263. The second kappa shape index (κ2) is 9.34. The van der Waals surface area contributed by atoms with Crippen LogP contribution in [0.1, 0.15) is 35.8 Å². The van der Waals surface area contributed by atoms with Gasteiger partial charge in [0, 0.05) is 10.5 Å². The van der Waals surface area contributed by atoms with Gasteiger partial charge in [-0.15, -0.1) is 0 Å². The van der Waals surface area contributed by atoms with Crippen LogP contribution in [0.15, 0.2) is 59.1 Å². The van der Waals surface area contributed by atoms with Crippen molar-refractivity contribution in [3.05, 3.63) is 70.2 Å². The maximum Gasteiger partial charge on any atom is 0.270 e. The van der Waals surface area contributed by atoms with Crippen LogP contribution in [0.2, 0.25) is 0 Å². The summed E-state index contributed by atoms with van der Waals surface area (Å²) in [6.07, 6.45) is 0. The Morgan fingerprint density at radius 3 is 2.24 bits per heavy atom. The van der Waals surface area contributed by atoms with Gasteiger partial charge in [-0.1, -0.05) is 56.3 Å². The Balaban J connectivity index is 1.85. The first kappa shape index (κ1) is 19.1. The number of halogens is 1. The number of hydrogen-bond donors (Lipinski definition) is 3. The molecule has 0 radical (unpaired) electrons. The fourth-order valence-electron chi connectivity index (χ4n) is 2.48.